The molecule has 0 aliphatic heterocycles. The van der Waals surface area contributed by atoms with E-state index in [9.17, 15) is 14.4 Å². The van der Waals surface area contributed by atoms with Gasteiger partial charge < -0.3 is 9.47 Å². The largest absolute Gasteiger partial charge is 0.495 e. The van der Waals surface area contributed by atoms with Crippen LogP contribution >= 0.6 is 23.4 Å². The number of imide groups is 1. The summed E-state index contributed by atoms with van der Waals surface area (Å²) in [7, 11) is 1.48. The predicted molar refractivity (Wildman–Crippen MR) is 120 cm³/mol. The van der Waals surface area contributed by atoms with E-state index in [0.717, 1.165) is 17.3 Å². The Labute approximate surface area is 187 Å². The average molecular weight is 462 g/mol. The van der Waals surface area contributed by atoms with E-state index in [0.29, 0.717) is 27.4 Å². The van der Waals surface area contributed by atoms with Crippen LogP contribution in [0.3, 0.4) is 0 Å². The second-order valence-corrected chi connectivity index (χ2v) is 7.73. The van der Waals surface area contributed by atoms with E-state index in [4.69, 9.17) is 21.1 Å². The summed E-state index contributed by atoms with van der Waals surface area (Å²) in [6, 6.07) is 10.3. The van der Waals surface area contributed by atoms with Gasteiger partial charge in [0, 0.05) is 11.1 Å². The van der Waals surface area contributed by atoms with Crippen LogP contribution in [0.25, 0.3) is 16.6 Å². The van der Waals surface area contributed by atoms with Crippen molar-refractivity contribution in [3.63, 3.8) is 0 Å². The molecule has 0 saturated carbocycles. The Balaban J connectivity index is 2.09. The van der Waals surface area contributed by atoms with Crippen LogP contribution in [0.4, 0.5) is 4.79 Å². The molecule has 8 nitrogen and oxygen atoms in total. The summed E-state index contributed by atoms with van der Waals surface area (Å²) >= 11 is 7.23. The first-order valence-corrected chi connectivity index (χ1v) is 10.7. The molecule has 162 valence electrons. The maximum Gasteiger partial charge on any atom is 0.413 e. The molecule has 0 unspecified atom stereocenters. The number of aromatic nitrogens is 2. The van der Waals surface area contributed by atoms with Crippen molar-refractivity contribution >= 4 is 46.3 Å². The molecule has 0 radical (unpaired) electrons. The number of carbonyl (C=O) groups excluding carboxylic acids is 2. The minimum atomic E-state index is -0.827. The molecule has 0 aliphatic rings. The van der Waals surface area contributed by atoms with Crippen molar-refractivity contribution < 1.29 is 19.1 Å². The first-order valence-electron chi connectivity index (χ1n) is 9.31. The number of hydrogen-bond acceptors (Lipinski definition) is 7. The number of rotatable bonds is 6. The first kappa shape index (κ1) is 22.6. The molecule has 0 fully saturated rings. The van der Waals surface area contributed by atoms with Crippen molar-refractivity contribution in [1.82, 2.24) is 14.9 Å². The van der Waals surface area contributed by atoms with Gasteiger partial charge in [0.1, 0.15) is 5.75 Å². The summed E-state index contributed by atoms with van der Waals surface area (Å²) in [6.45, 7) is 3.59. The Bertz CT molecular complexity index is 1210. The highest BCUT2D eigenvalue weighted by molar-refractivity contribution is 7.99. The van der Waals surface area contributed by atoms with E-state index >= 15 is 0 Å². The summed E-state index contributed by atoms with van der Waals surface area (Å²) in [6.07, 6.45) is -0.827. The fourth-order valence-corrected chi connectivity index (χ4v) is 3.81. The zero-order valence-corrected chi connectivity index (χ0v) is 18.7. The monoisotopic (exact) mass is 461 g/mol. The summed E-state index contributed by atoms with van der Waals surface area (Å²) < 4.78 is 11.5. The zero-order valence-electron chi connectivity index (χ0n) is 17.1. The quantitative estimate of drug-likeness (QED) is 0.441. The van der Waals surface area contributed by atoms with E-state index in [1.54, 1.807) is 43.3 Å². The number of carbonyl (C=O) groups is 2. The van der Waals surface area contributed by atoms with Gasteiger partial charge in [0.25, 0.3) is 5.56 Å². The van der Waals surface area contributed by atoms with Gasteiger partial charge in [-0.25, -0.2) is 9.78 Å². The summed E-state index contributed by atoms with van der Waals surface area (Å²) in [5.74, 6) is -0.345. The Morgan fingerprint density at radius 1 is 1.26 bits per heavy atom. The maximum absolute atomic E-state index is 13.4. The molecule has 0 atom stereocenters. The van der Waals surface area contributed by atoms with Crippen molar-refractivity contribution in [1.29, 1.82) is 0 Å². The van der Waals surface area contributed by atoms with Crippen LogP contribution in [0.2, 0.25) is 5.02 Å². The molecule has 3 aromatic rings. The van der Waals surface area contributed by atoms with Crippen molar-refractivity contribution in [2.45, 2.75) is 19.0 Å². The highest BCUT2D eigenvalue weighted by atomic mass is 35.5. The van der Waals surface area contributed by atoms with Crippen LogP contribution in [-0.2, 0) is 9.53 Å². The van der Waals surface area contributed by atoms with Crippen LogP contribution in [-0.4, -0.2) is 41.0 Å². The van der Waals surface area contributed by atoms with Crippen LogP contribution in [0, 0.1) is 6.92 Å². The molecule has 0 aliphatic carbocycles. The topological polar surface area (TPSA) is 99.5 Å². The van der Waals surface area contributed by atoms with E-state index < -0.39 is 12.0 Å². The van der Waals surface area contributed by atoms with Gasteiger partial charge in [-0.05, 0) is 37.6 Å². The van der Waals surface area contributed by atoms with E-state index in [2.05, 4.69) is 10.3 Å². The van der Waals surface area contributed by atoms with Crippen LogP contribution in [0.1, 0.15) is 12.5 Å². The summed E-state index contributed by atoms with van der Waals surface area (Å²) in [5.41, 5.74) is 1.36. The van der Waals surface area contributed by atoms with Gasteiger partial charge in [-0.2, -0.15) is 0 Å². The molecular weight excluding hydrogens is 442 g/mol. The summed E-state index contributed by atoms with van der Waals surface area (Å²) in [4.78, 5) is 41.5. The van der Waals surface area contributed by atoms with E-state index in [1.165, 1.54) is 11.7 Å². The lowest BCUT2D eigenvalue weighted by molar-refractivity contribution is -0.117. The molecule has 1 aromatic heterocycles. The molecule has 0 spiro atoms. The number of benzene rings is 2. The van der Waals surface area contributed by atoms with Gasteiger partial charge in [0.15, 0.2) is 5.16 Å². The number of para-hydroxylation sites is 1. The number of methoxy groups -OCH3 is 1. The number of halogens is 1. The smallest absolute Gasteiger partial charge is 0.413 e. The molecule has 1 N–H and O–H groups in total. The number of hydrogen-bond donors (Lipinski definition) is 1. The van der Waals surface area contributed by atoms with Crippen molar-refractivity contribution in [3.05, 3.63) is 57.3 Å². The predicted octanol–water partition coefficient (Wildman–Crippen LogP) is 3.72. The number of amides is 2. The lowest BCUT2D eigenvalue weighted by Crippen LogP contribution is -2.32. The third kappa shape index (κ3) is 5.00. The van der Waals surface area contributed by atoms with Crippen LogP contribution < -0.4 is 15.6 Å². The SMILES string of the molecule is CCOC(=O)NC(=O)CSc1nc2ccccc2c(=O)n1-c1cc(C)c(Cl)cc1OC. The minimum Gasteiger partial charge on any atom is -0.495 e. The second kappa shape index (κ2) is 9.84. The maximum atomic E-state index is 13.4. The highest BCUT2D eigenvalue weighted by Crippen LogP contribution is 2.31. The van der Waals surface area contributed by atoms with Gasteiger partial charge in [-0.15, -0.1) is 0 Å². The number of nitrogens with zero attached hydrogens (tertiary/aromatic N) is 2. The molecule has 0 bridgehead atoms. The zero-order chi connectivity index (χ0) is 22.5. The fraction of sp³-hybridized carbons (Fsp3) is 0.238. The number of aryl methyl sites for hydroxylation is 1. The van der Waals surface area contributed by atoms with Gasteiger partial charge in [0.2, 0.25) is 5.91 Å². The number of thioether (sulfide) groups is 1. The van der Waals surface area contributed by atoms with Crippen LogP contribution in [0.5, 0.6) is 5.75 Å². The second-order valence-electron chi connectivity index (χ2n) is 6.38. The van der Waals surface area contributed by atoms with Crippen molar-refractivity contribution in [3.8, 4) is 11.4 Å². The highest BCUT2D eigenvalue weighted by Gasteiger charge is 2.19. The van der Waals surface area contributed by atoms with Crippen molar-refractivity contribution in [2.24, 2.45) is 0 Å². The van der Waals surface area contributed by atoms with E-state index in [1.807, 2.05) is 6.92 Å². The molecule has 0 saturated heterocycles. The van der Waals surface area contributed by atoms with Gasteiger partial charge in [0.05, 0.1) is 36.1 Å². The molecule has 1 heterocycles. The van der Waals surface area contributed by atoms with Crippen LogP contribution in [0.15, 0.2) is 46.3 Å². The molecular formula is C21H20ClN3O5S. The number of nitrogens with one attached hydrogen (secondary N) is 1. The Morgan fingerprint density at radius 2 is 2.00 bits per heavy atom. The fourth-order valence-electron chi connectivity index (χ4n) is 2.86. The van der Waals surface area contributed by atoms with Crippen molar-refractivity contribution in [2.75, 3.05) is 19.5 Å². The molecule has 3 rings (SSSR count). The van der Waals surface area contributed by atoms with Gasteiger partial charge >= 0.3 is 6.09 Å². The molecule has 2 aromatic carbocycles. The molecule has 2 amide bonds. The average Bonchev–Trinajstić information content (AvgIpc) is 2.74. The van der Waals surface area contributed by atoms with E-state index in [-0.39, 0.29) is 23.1 Å². The number of alkyl carbamates (subject to hydrolysis) is 1. The standard InChI is InChI=1S/C21H20ClN3O5S/c1-4-30-21(28)24-18(26)11-31-20-23-15-8-6-5-7-13(15)19(27)25(20)16-9-12(2)14(22)10-17(16)29-3/h5-10H,4,11H2,1-3H3,(H,24,26,28). The first-order chi connectivity index (χ1) is 14.8. The summed E-state index contributed by atoms with van der Waals surface area (Å²) in [5, 5.41) is 3.29. The lowest BCUT2D eigenvalue weighted by atomic mass is 10.2. The normalized spacial score (nSPS) is 10.7. The van der Waals surface area contributed by atoms with Gasteiger partial charge in [-0.3, -0.25) is 19.5 Å². The third-order valence-electron chi connectivity index (χ3n) is 4.30. The number of ether oxygens (including phenoxy) is 2. The third-order valence-corrected chi connectivity index (χ3v) is 5.64. The lowest BCUT2D eigenvalue weighted by Gasteiger charge is -2.17. The Morgan fingerprint density at radius 3 is 2.71 bits per heavy atom. The minimum absolute atomic E-state index is 0.147. The molecule has 10 heteroatoms. The Hall–Kier alpha value is -3.04. The number of fused-ring (bicyclic) bond motifs is 1. The Kier molecular flexibility index (Phi) is 7.19. The van der Waals surface area contributed by atoms with Gasteiger partial charge in [-0.1, -0.05) is 35.5 Å². The molecule has 31 heavy (non-hydrogen) atoms.